The highest BCUT2D eigenvalue weighted by atomic mass is 16.5. The lowest BCUT2D eigenvalue weighted by Gasteiger charge is -2.02. The number of nitrogens with zero attached hydrogens (tertiary/aromatic N) is 2. The van der Waals surface area contributed by atoms with Gasteiger partial charge in [0.2, 0.25) is 0 Å². The van der Waals surface area contributed by atoms with Crippen LogP contribution in [-0.4, -0.2) is 25.6 Å². The van der Waals surface area contributed by atoms with Crippen LogP contribution in [0.1, 0.15) is 25.0 Å². The van der Waals surface area contributed by atoms with Crippen molar-refractivity contribution >= 4 is 23.8 Å². The van der Waals surface area contributed by atoms with Crippen LogP contribution in [0.15, 0.2) is 82.8 Å². The standard InChI is InChI=1S/C24H24N2O2/c1-3-27-23-13-9-21(10-14-23)25-17-19-5-7-20(8-6-19)18-26-22-11-15-24(16-12-22)28-4-2/h5-18H,3-4H2,1-2H3/b25-17+,26-18+. The van der Waals surface area contributed by atoms with Crippen LogP contribution in [0.2, 0.25) is 0 Å². The fourth-order valence-corrected chi connectivity index (χ4v) is 2.56. The molecule has 3 aromatic carbocycles. The lowest BCUT2D eigenvalue weighted by molar-refractivity contribution is 0.340. The SMILES string of the molecule is CCOc1ccc(/N=C/c2ccc(/C=N/c3ccc(OCC)cc3)cc2)cc1. The summed E-state index contributed by atoms with van der Waals surface area (Å²) in [5.41, 5.74) is 3.85. The van der Waals surface area contributed by atoms with E-state index in [1.807, 2.05) is 99.1 Å². The molecule has 4 heteroatoms. The Hall–Kier alpha value is -3.40. The summed E-state index contributed by atoms with van der Waals surface area (Å²) in [6.07, 6.45) is 3.70. The molecule has 0 spiro atoms. The van der Waals surface area contributed by atoms with E-state index in [1.165, 1.54) is 0 Å². The van der Waals surface area contributed by atoms with Crippen molar-refractivity contribution in [2.45, 2.75) is 13.8 Å². The van der Waals surface area contributed by atoms with Gasteiger partial charge in [-0.2, -0.15) is 0 Å². The van der Waals surface area contributed by atoms with Gasteiger partial charge < -0.3 is 9.47 Å². The molecule has 142 valence electrons. The van der Waals surface area contributed by atoms with Gasteiger partial charge in [0.25, 0.3) is 0 Å². The quantitative estimate of drug-likeness (QED) is 0.456. The number of benzene rings is 3. The molecular formula is C24H24N2O2. The van der Waals surface area contributed by atoms with Crippen molar-refractivity contribution in [2.24, 2.45) is 9.98 Å². The second-order valence-electron chi connectivity index (χ2n) is 6.04. The third-order valence-corrected chi connectivity index (χ3v) is 3.96. The first-order valence-corrected chi connectivity index (χ1v) is 9.40. The molecule has 0 aliphatic heterocycles. The van der Waals surface area contributed by atoms with Crippen LogP contribution in [-0.2, 0) is 0 Å². The molecule has 0 fully saturated rings. The molecule has 0 radical (unpaired) electrons. The molecule has 0 aliphatic rings. The molecule has 0 bridgehead atoms. The van der Waals surface area contributed by atoms with Crippen LogP contribution < -0.4 is 9.47 Å². The number of hydrogen-bond acceptors (Lipinski definition) is 4. The van der Waals surface area contributed by atoms with Crippen molar-refractivity contribution < 1.29 is 9.47 Å². The molecule has 4 nitrogen and oxygen atoms in total. The van der Waals surface area contributed by atoms with E-state index >= 15 is 0 Å². The first-order chi connectivity index (χ1) is 13.8. The maximum Gasteiger partial charge on any atom is 0.119 e. The summed E-state index contributed by atoms with van der Waals surface area (Å²) in [7, 11) is 0. The Morgan fingerprint density at radius 2 is 0.929 bits per heavy atom. The third kappa shape index (κ3) is 5.81. The van der Waals surface area contributed by atoms with E-state index in [0.717, 1.165) is 34.0 Å². The highest BCUT2D eigenvalue weighted by Gasteiger charge is 1.95. The number of rotatable bonds is 8. The van der Waals surface area contributed by atoms with E-state index in [1.54, 1.807) is 0 Å². The largest absolute Gasteiger partial charge is 0.494 e. The summed E-state index contributed by atoms with van der Waals surface area (Å²) in [6, 6.07) is 23.6. The van der Waals surface area contributed by atoms with Crippen LogP contribution in [0.4, 0.5) is 11.4 Å². The molecule has 0 saturated heterocycles. The van der Waals surface area contributed by atoms with E-state index in [2.05, 4.69) is 9.98 Å². The fourth-order valence-electron chi connectivity index (χ4n) is 2.56. The summed E-state index contributed by atoms with van der Waals surface area (Å²) in [4.78, 5) is 9.00. The minimum Gasteiger partial charge on any atom is -0.494 e. The number of hydrogen-bond donors (Lipinski definition) is 0. The van der Waals surface area contributed by atoms with Gasteiger partial charge >= 0.3 is 0 Å². The second kappa shape index (κ2) is 10.1. The third-order valence-electron chi connectivity index (χ3n) is 3.96. The van der Waals surface area contributed by atoms with Gasteiger partial charge in [0.15, 0.2) is 0 Å². The average molecular weight is 372 g/mol. The Morgan fingerprint density at radius 3 is 1.25 bits per heavy atom. The summed E-state index contributed by atoms with van der Waals surface area (Å²) in [5, 5.41) is 0. The molecule has 0 saturated carbocycles. The van der Waals surface area contributed by atoms with Crippen LogP contribution in [0.3, 0.4) is 0 Å². The fraction of sp³-hybridized carbons (Fsp3) is 0.167. The molecule has 0 heterocycles. The van der Waals surface area contributed by atoms with Gasteiger partial charge in [-0.05, 0) is 73.5 Å². The maximum atomic E-state index is 5.44. The van der Waals surface area contributed by atoms with Crippen molar-refractivity contribution in [3.63, 3.8) is 0 Å². The smallest absolute Gasteiger partial charge is 0.119 e. The highest BCUT2D eigenvalue weighted by molar-refractivity contribution is 5.86. The predicted octanol–water partition coefficient (Wildman–Crippen LogP) is 5.99. The van der Waals surface area contributed by atoms with E-state index < -0.39 is 0 Å². The summed E-state index contributed by atoms with van der Waals surface area (Å²) in [6.45, 7) is 5.27. The van der Waals surface area contributed by atoms with Gasteiger partial charge in [-0.25, -0.2) is 0 Å². The van der Waals surface area contributed by atoms with Gasteiger partial charge in [-0.3, -0.25) is 9.98 Å². The lowest BCUT2D eigenvalue weighted by atomic mass is 10.1. The minimum atomic E-state index is 0.664. The number of ether oxygens (including phenoxy) is 2. The van der Waals surface area contributed by atoms with Crippen molar-refractivity contribution in [3.05, 3.63) is 83.9 Å². The Balaban J connectivity index is 1.59. The molecule has 0 N–H and O–H groups in total. The van der Waals surface area contributed by atoms with Crippen LogP contribution >= 0.6 is 0 Å². The minimum absolute atomic E-state index is 0.664. The van der Waals surface area contributed by atoms with Crippen molar-refractivity contribution in [1.29, 1.82) is 0 Å². The molecule has 3 aromatic rings. The molecule has 0 atom stereocenters. The monoisotopic (exact) mass is 372 g/mol. The lowest BCUT2D eigenvalue weighted by Crippen LogP contribution is -1.90. The maximum absolute atomic E-state index is 5.44. The van der Waals surface area contributed by atoms with E-state index in [0.29, 0.717) is 13.2 Å². The summed E-state index contributed by atoms with van der Waals surface area (Å²) in [5.74, 6) is 1.72. The molecule has 0 aliphatic carbocycles. The predicted molar refractivity (Wildman–Crippen MR) is 116 cm³/mol. The van der Waals surface area contributed by atoms with Gasteiger partial charge in [0, 0.05) is 12.4 Å². The Bertz CT molecular complexity index is 834. The molecule has 0 unspecified atom stereocenters. The van der Waals surface area contributed by atoms with Crippen molar-refractivity contribution in [1.82, 2.24) is 0 Å². The topological polar surface area (TPSA) is 43.2 Å². The molecular weight excluding hydrogens is 348 g/mol. The molecule has 0 aromatic heterocycles. The summed E-state index contributed by atoms with van der Waals surface area (Å²) >= 11 is 0. The highest BCUT2D eigenvalue weighted by Crippen LogP contribution is 2.19. The van der Waals surface area contributed by atoms with E-state index in [4.69, 9.17) is 9.47 Å². The van der Waals surface area contributed by atoms with Crippen LogP contribution in [0, 0.1) is 0 Å². The van der Waals surface area contributed by atoms with E-state index in [9.17, 15) is 0 Å². The average Bonchev–Trinajstić information content (AvgIpc) is 2.74. The molecule has 28 heavy (non-hydrogen) atoms. The normalized spacial score (nSPS) is 11.2. The van der Waals surface area contributed by atoms with Crippen molar-refractivity contribution in [2.75, 3.05) is 13.2 Å². The van der Waals surface area contributed by atoms with Gasteiger partial charge in [0.1, 0.15) is 11.5 Å². The van der Waals surface area contributed by atoms with E-state index in [-0.39, 0.29) is 0 Å². The zero-order valence-corrected chi connectivity index (χ0v) is 16.2. The second-order valence-corrected chi connectivity index (χ2v) is 6.04. The van der Waals surface area contributed by atoms with Gasteiger partial charge in [-0.15, -0.1) is 0 Å². The first kappa shape index (κ1) is 19.4. The van der Waals surface area contributed by atoms with Gasteiger partial charge in [0.05, 0.1) is 24.6 Å². The molecule has 0 amide bonds. The van der Waals surface area contributed by atoms with Gasteiger partial charge in [-0.1, -0.05) is 24.3 Å². The zero-order chi connectivity index (χ0) is 19.6. The summed E-state index contributed by atoms with van der Waals surface area (Å²) < 4.78 is 10.9. The van der Waals surface area contributed by atoms with Crippen molar-refractivity contribution in [3.8, 4) is 11.5 Å². The Kier molecular flexibility index (Phi) is 6.96. The van der Waals surface area contributed by atoms with Crippen LogP contribution in [0.5, 0.6) is 11.5 Å². The molecule has 3 rings (SSSR count). The number of aliphatic imine (C=N–C) groups is 2. The Morgan fingerprint density at radius 1 is 0.571 bits per heavy atom. The first-order valence-electron chi connectivity index (χ1n) is 9.40. The zero-order valence-electron chi connectivity index (χ0n) is 16.2. The van der Waals surface area contributed by atoms with Crippen LogP contribution in [0.25, 0.3) is 0 Å². The Labute approximate surface area is 166 Å².